The predicted octanol–water partition coefficient (Wildman–Crippen LogP) is -3.07. The maximum atomic E-state index is 13.4. The summed E-state index contributed by atoms with van der Waals surface area (Å²) in [6, 6.07) is -9.46. The summed E-state index contributed by atoms with van der Waals surface area (Å²) in [6.45, 7) is 8.54. The van der Waals surface area contributed by atoms with Crippen LogP contribution in [0.3, 0.4) is 0 Å². The molecule has 0 unspecified atom stereocenters. The topological polar surface area (TPSA) is 353 Å². The van der Waals surface area contributed by atoms with Crippen molar-refractivity contribution in [3.05, 3.63) is 0 Å². The molecule has 0 aromatic rings. The summed E-state index contributed by atoms with van der Waals surface area (Å²) in [7, 11) is 0. The van der Waals surface area contributed by atoms with E-state index in [2.05, 4.69) is 26.6 Å². The Kier molecular flexibility index (Phi) is 19.7. The highest BCUT2D eigenvalue weighted by atomic mass is 16.4. The second-order valence-electron chi connectivity index (χ2n) is 14.2. The molecule has 0 aliphatic carbocycles. The fourth-order valence-corrected chi connectivity index (χ4v) is 5.67. The van der Waals surface area contributed by atoms with Gasteiger partial charge in [-0.15, -0.1) is 0 Å². The summed E-state index contributed by atoms with van der Waals surface area (Å²) in [5.74, 6) is -10.2. The predicted molar refractivity (Wildman–Crippen MR) is 194 cm³/mol. The van der Waals surface area contributed by atoms with Crippen LogP contribution in [-0.4, -0.2) is 123 Å². The largest absolute Gasteiger partial charge is 0.481 e. The van der Waals surface area contributed by atoms with Gasteiger partial charge in [-0.25, -0.2) is 4.79 Å². The van der Waals surface area contributed by atoms with Gasteiger partial charge in [0, 0.05) is 19.4 Å². The molecule has 0 bridgehead atoms. The van der Waals surface area contributed by atoms with E-state index in [4.69, 9.17) is 17.2 Å². The molecule has 0 aromatic carbocycles. The molecule has 13 N–H and O–H groups in total. The van der Waals surface area contributed by atoms with E-state index in [1.165, 1.54) is 11.8 Å². The molecule has 1 aliphatic rings. The molecule has 310 valence electrons. The highest BCUT2D eigenvalue weighted by molar-refractivity contribution is 5.98. The third-order valence-electron chi connectivity index (χ3n) is 9.09. The van der Waals surface area contributed by atoms with Crippen molar-refractivity contribution in [2.75, 3.05) is 6.54 Å². The van der Waals surface area contributed by atoms with E-state index in [1.807, 2.05) is 6.92 Å². The number of carbonyl (C=O) groups excluding carboxylic acids is 8. The Labute approximate surface area is 319 Å². The molecule has 0 spiro atoms. The first-order valence-corrected chi connectivity index (χ1v) is 18.2. The molecule has 1 heterocycles. The normalized spacial score (nSPS) is 17.7. The number of nitrogens with zero attached hydrogens (tertiary/aromatic N) is 1. The van der Waals surface area contributed by atoms with Crippen LogP contribution in [0.5, 0.6) is 0 Å². The molecule has 1 aliphatic heterocycles. The fourth-order valence-electron chi connectivity index (χ4n) is 5.67. The number of amides is 8. The molecular formula is C34H57N9O12. The van der Waals surface area contributed by atoms with Crippen LogP contribution in [0.2, 0.25) is 0 Å². The Bertz CT molecular complexity index is 1440. The standard InChI is InChI=1S/C34H57N9O12/c1-6-17(4)27(37)33(53)43-13-7-8-23(43)32(52)41-21(15-26(46)47)31(51)40-19(9-11-24(35)44)29(49)38-18(5)28(48)39-20(10-12-25(36)45)30(50)42-22(34(54)55)14-16(2)3/h16-23,27H,6-15,37H2,1-5H3,(H2,35,44)(H2,36,45)(H,38,49)(H,39,48)(H,40,51)(H,41,52)(H,42,50)(H,46,47)(H,54,55)/t17-,18-,19-,20-,21-,22-,23-,27-/m0/s1. The van der Waals surface area contributed by atoms with E-state index >= 15 is 0 Å². The minimum atomic E-state index is -1.75. The van der Waals surface area contributed by atoms with E-state index in [0.717, 1.165) is 0 Å². The third kappa shape index (κ3) is 16.3. The number of carboxylic acid groups (broad SMARTS) is 2. The van der Waals surface area contributed by atoms with Crippen LogP contribution < -0.4 is 43.8 Å². The Morgan fingerprint density at radius 1 is 0.709 bits per heavy atom. The molecule has 0 saturated carbocycles. The molecule has 8 amide bonds. The maximum absolute atomic E-state index is 13.4. The molecular weight excluding hydrogens is 726 g/mol. The summed E-state index contributed by atoms with van der Waals surface area (Å²) >= 11 is 0. The number of rotatable bonds is 24. The van der Waals surface area contributed by atoms with Gasteiger partial charge in [0.25, 0.3) is 0 Å². The SMILES string of the molecule is CC[C@H](C)[C@H](N)C(=O)N1CCC[C@H]1C(=O)N[C@@H](CC(=O)O)C(=O)N[C@@H](CCC(N)=O)C(=O)N[C@@H](C)C(=O)N[C@@H](CCC(N)=O)C(=O)N[C@@H](CC(C)C)C(=O)O. The first-order valence-electron chi connectivity index (χ1n) is 18.2. The lowest BCUT2D eigenvalue weighted by molar-refractivity contribution is -0.144. The number of primary amides is 2. The van der Waals surface area contributed by atoms with Gasteiger partial charge in [0.05, 0.1) is 12.5 Å². The Hall–Kier alpha value is -5.34. The Morgan fingerprint density at radius 3 is 1.67 bits per heavy atom. The number of likely N-dealkylation sites (tertiary alicyclic amines) is 1. The second-order valence-corrected chi connectivity index (χ2v) is 14.2. The van der Waals surface area contributed by atoms with Crippen LogP contribution in [0, 0.1) is 11.8 Å². The van der Waals surface area contributed by atoms with Gasteiger partial charge in [-0.2, -0.15) is 0 Å². The molecule has 8 atom stereocenters. The van der Waals surface area contributed by atoms with Crippen LogP contribution in [0.25, 0.3) is 0 Å². The summed E-state index contributed by atoms with van der Waals surface area (Å²) in [6.07, 6.45) is -1.12. The lowest BCUT2D eigenvalue weighted by atomic mass is 9.98. The van der Waals surface area contributed by atoms with Crippen molar-refractivity contribution in [1.82, 2.24) is 31.5 Å². The van der Waals surface area contributed by atoms with Crippen LogP contribution in [0.1, 0.15) is 92.4 Å². The maximum Gasteiger partial charge on any atom is 0.326 e. The lowest BCUT2D eigenvalue weighted by Gasteiger charge is -2.30. The number of carboxylic acids is 2. The average Bonchev–Trinajstić information content (AvgIpc) is 3.59. The highest BCUT2D eigenvalue weighted by Gasteiger charge is 2.39. The van der Waals surface area contributed by atoms with E-state index in [9.17, 15) is 58.2 Å². The van der Waals surface area contributed by atoms with Crippen molar-refractivity contribution in [2.45, 2.75) is 135 Å². The van der Waals surface area contributed by atoms with Crippen molar-refractivity contribution >= 4 is 59.2 Å². The summed E-state index contributed by atoms with van der Waals surface area (Å²) in [4.78, 5) is 127. The average molecular weight is 784 g/mol. The first kappa shape index (κ1) is 47.7. The number of aliphatic carboxylic acids is 2. The van der Waals surface area contributed by atoms with Gasteiger partial charge in [0.15, 0.2) is 0 Å². The zero-order chi connectivity index (χ0) is 42.2. The van der Waals surface area contributed by atoms with Crippen molar-refractivity contribution in [1.29, 1.82) is 0 Å². The van der Waals surface area contributed by atoms with Crippen LogP contribution in [0.15, 0.2) is 0 Å². The second kappa shape index (κ2) is 22.8. The summed E-state index contributed by atoms with van der Waals surface area (Å²) < 4.78 is 0. The third-order valence-corrected chi connectivity index (χ3v) is 9.09. The van der Waals surface area contributed by atoms with Crippen LogP contribution in [0.4, 0.5) is 0 Å². The fraction of sp³-hybridized carbons (Fsp3) is 0.706. The molecule has 21 nitrogen and oxygen atoms in total. The Balaban J connectivity index is 3.17. The van der Waals surface area contributed by atoms with E-state index in [0.29, 0.717) is 12.8 Å². The molecule has 21 heteroatoms. The van der Waals surface area contributed by atoms with Gasteiger partial charge < -0.3 is 58.9 Å². The zero-order valence-corrected chi connectivity index (χ0v) is 31.9. The molecule has 0 aromatic heterocycles. The number of hydrogen-bond acceptors (Lipinski definition) is 11. The summed E-state index contributed by atoms with van der Waals surface area (Å²) in [5.41, 5.74) is 16.6. The smallest absolute Gasteiger partial charge is 0.326 e. The van der Waals surface area contributed by atoms with Gasteiger partial charge in [-0.3, -0.25) is 43.2 Å². The van der Waals surface area contributed by atoms with Gasteiger partial charge in [0.2, 0.25) is 47.3 Å². The van der Waals surface area contributed by atoms with Gasteiger partial charge in [-0.1, -0.05) is 34.1 Å². The highest BCUT2D eigenvalue weighted by Crippen LogP contribution is 2.21. The minimum Gasteiger partial charge on any atom is -0.481 e. The quantitative estimate of drug-likeness (QED) is 0.0465. The Morgan fingerprint density at radius 2 is 1.20 bits per heavy atom. The zero-order valence-electron chi connectivity index (χ0n) is 31.9. The van der Waals surface area contributed by atoms with Crippen molar-refractivity contribution in [2.24, 2.45) is 29.0 Å². The number of nitrogens with two attached hydrogens (primary N) is 3. The van der Waals surface area contributed by atoms with Crippen molar-refractivity contribution in [3.63, 3.8) is 0 Å². The monoisotopic (exact) mass is 783 g/mol. The number of carbonyl (C=O) groups is 10. The molecule has 1 saturated heterocycles. The minimum absolute atomic E-state index is 0.0607. The molecule has 1 fully saturated rings. The lowest BCUT2D eigenvalue weighted by Crippen LogP contribution is -2.59. The van der Waals surface area contributed by atoms with Crippen molar-refractivity contribution < 1.29 is 58.2 Å². The number of nitrogens with one attached hydrogen (secondary N) is 5. The number of hydrogen-bond donors (Lipinski definition) is 10. The molecule has 1 rings (SSSR count). The summed E-state index contributed by atoms with van der Waals surface area (Å²) in [5, 5.41) is 30.7. The van der Waals surface area contributed by atoms with Gasteiger partial charge in [0.1, 0.15) is 36.3 Å². The van der Waals surface area contributed by atoms with E-state index in [1.54, 1.807) is 20.8 Å². The molecule has 55 heavy (non-hydrogen) atoms. The van der Waals surface area contributed by atoms with Crippen LogP contribution in [-0.2, 0) is 47.9 Å². The van der Waals surface area contributed by atoms with E-state index < -0.39 is 121 Å². The van der Waals surface area contributed by atoms with Crippen LogP contribution >= 0.6 is 0 Å². The van der Waals surface area contributed by atoms with Crippen molar-refractivity contribution in [3.8, 4) is 0 Å². The van der Waals surface area contributed by atoms with Gasteiger partial charge in [-0.05, 0) is 50.9 Å². The first-order chi connectivity index (χ1) is 25.6. The molecule has 0 radical (unpaired) electrons. The van der Waals surface area contributed by atoms with E-state index in [-0.39, 0.29) is 44.1 Å². The van der Waals surface area contributed by atoms with Gasteiger partial charge >= 0.3 is 11.9 Å².